The van der Waals surface area contributed by atoms with Crippen molar-refractivity contribution in [1.29, 1.82) is 0 Å². The van der Waals surface area contributed by atoms with Gasteiger partial charge in [-0.15, -0.1) is 0 Å². The van der Waals surface area contributed by atoms with Crippen molar-refractivity contribution in [2.24, 2.45) is 7.05 Å². The summed E-state index contributed by atoms with van der Waals surface area (Å²) in [7, 11) is 1.91. The molecule has 1 aliphatic heterocycles. The summed E-state index contributed by atoms with van der Waals surface area (Å²) >= 11 is 3.52. The fraction of sp³-hybridized carbons (Fsp3) is 0.667. The maximum absolute atomic E-state index is 5.74. The van der Waals surface area contributed by atoms with Gasteiger partial charge in [0.1, 0.15) is 4.60 Å². The van der Waals surface area contributed by atoms with Crippen molar-refractivity contribution in [3.63, 3.8) is 0 Å². The predicted molar refractivity (Wildman–Crippen MR) is 58.1 cm³/mol. The average Bonchev–Trinajstić information content (AvgIpc) is 2.47. The first kappa shape index (κ1) is 9.98. The first-order valence-corrected chi connectivity index (χ1v) is 5.54. The van der Waals surface area contributed by atoms with Crippen LogP contribution in [0.15, 0.2) is 4.60 Å². The van der Waals surface area contributed by atoms with Crippen LogP contribution in [0.4, 0.5) is 5.95 Å². The van der Waals surface area contributed by atoms with Crippen LogP contribution in [0.1, 0.15) is 24.5 Å². The number of ether oxygens (including phenoxy) is 1. The molecule has 0 aromatic carbocycles. The van der Waals surface area contributed by atoms with E-state index in [1.54, 1.807) is 0 Å². The van der Waals surface area contributed by atoms with Crippen molar-refractivity contribution in [2.75, 3.05) is 18.9 Å². The molecule has 1 aromatic rings. The Bertz CT molecular complexity index is 331. The number of imidazole rings is 1. The fourth-order valence-electron chi connectivity index (χ4n) is 1.75. The number of halogens is 1. The molecule has 1 saturated heterocycles. The lowest BCUT2D eigenvalue weighted by molar-refractivity contribution is 0.0844. The molecule has 0 radical (unpaired) electrons. The van der Waals surface area contributed by atoms with Gasteiger partial charge in [0, 0.05) is 26.2 Å². The number of anilines is 1. The molecule has 2 N–H and O–H groups in total. The van der Waals surface area contributed by atoms with E-state index in [0.29, 0.717) is 11.9 Å². The molecule has 2 rings (SSSR count). The minimum Gasteiger partial charge on any atom is -0.381 e. The van der Waals surface area contributed by atoms with Gasteiger partial charge in [0.2, 0.25) is 5.95 Å². The van der Waals surface area contributed by atoms with Crippen molar-refractivity contribution < 1.29 is 4.74 Å². The zero-order valence-corrected chi connectivity index (χ0v) is 9.75. The molecular weight excluding hydrogens is 246 g/mol. The maximum Gasteiger partial charge on any atom is 0.201 e. The topological polar surface area (TPSA) is 53.1 Å². The molecule has 0 saturated carbocycles. The SMILES string of the molecule is Cn1c(N)nc(C2CCOCC2)c1Br. The normalized spacial score (nSPS) is 18.7. The van der Waals surface area contributed by atoms with Crippen LogP contribution in [0.25, 0.3) is 0 Å². The van der Waals surface area contributed by atoms with E-state index in [0.717, 1.165) is 36.4 Å². The zero-order valence-electron chi connectivity index (χ0n) is 8.16. The monoisotopic (exact) mass is 259 g/mol. The van der Waals surface area contributed by atoms with E-state index in [2.05, 4.69) is 20.9 Å². The molecule has 1 fully saturated rings. The van der Waals surface area contributed by atoms with Crippen LogP contribution >= 0.6 is 15.9 Å². The van der Waals surface area contributed by atoms with Crippen LogP contribution in [-0.4, -0.2) is 22.8 Å². The summed E-state index contributed by atoms with van der Waals surface area (Å²) in [5.41, 5.74) is 6.82. The summed E-state index contributed by atoms with van der Waals surface area (Å²) in [6.45, 7) is 1.65. The molecule has 14 heavy (non-hydrogen) atoms. The van der Waals surface area contributed by atoms with Crippen LogP contribution in [-0.2, 0) is 11.8 Å². The molecule has 2 heterocycles. The highest BCUT2D eigenvalue weighted by molar-refractivity contribution is 9.10. The molecule has 0 amide bonds. The minimum absolute atomic E-state index is 0.488. The number of nitrogens with two attached hydrogens (primary N) is 1. The molecule has 0 atom stereocenters. The van der Waals surface area contributed by atoms with Crippen LogP contribution in [0, 0.1) is 0 Å². The molecule has 0 bridgehead atoms. The lowest BCUT2D eigenvalue weighted by Gasteiger charge is -2.20. The number of nitrogens with zero attached hydrogens (tertiary/aromatic N) is 2. The van der Waals surface area contributed by atoms with Gasteiger partial charge in [-0.2, -0.15) is 0 Å². The second-order valence-corrected chi connectivity index (χ2v) is 4.34. The molecule has 1 aliphatic rings. The molecule has 0 aliphatic carbocycles. The third-order valence-corrected chi connectivity index (χ3v) is 3.63. The zero-order chi connectivity index (χ0) is 10.1. The van der Waals surface area contributed by atoms with Crippen LogP contribution in [0.2, 0.25) is 0 Å². The summed E-state index contributed by atoms with van der Waals surface area (Å²) in [5, 5.41) is 0. The molecular formula is C9H14BrN3O. The third kappa shape index (κ3) is 1.66. The fourth-order valence-corrected chi connectivity index (χ4v) is 2.34. The third-order valence-electron chi connectivity index (χ3n) is 2.69. The summed E-state index contributed by atoms with van der Waals surface area (Å²) < 4.78 is 8.18. The van der Waals surface area contributed by atoms with E-state index in [1.165, 1.54) is 0 Å². The van der Waals surface area contributed by atoms with E-state index in [-0.39, 0.29) is 0 Å². The Kier molecular flexibility index (Phi) is 2.78. The Morgan fingerprint density at radius 3 is 2.64 bits per heavy atom. The lowest BCUT2D eigenvalue weighted by atomic mass is 9.97. The van der Waals surface area contributed by atoms with Gasteiger partial charge in [-0.05, 0) is 28.8 Å². The van der Waals surface area contributed by atoms with Crippen molar-refractivity contribution in [2.45, 2.75) is 18.8 Å². The predicted octanol–water partition coefficient (Wildman–Crippen LogP) is 1.66. The van der Waals surface area contributed by atoms with Gasteiger partial charge in [0.25, 0.3) is 0 Å². The van der Waals surface area contributed by atoms with Crippen molar-refractivity contribution >= 4 is 21.9 Å². The van der Waals surface area contributed by atoms with E-state index in [4.69, 9.17) is 10.5 Å². The number of rotatable bonds is 1. The standard InChI is InChI=1S/C9H14BrN3O/c1-13-8(10)7(12-9(13)11)6-2-4-14-5-3-6/h6H,2-5H2,1H3,(H2,11,12). The highest BCUT2D eigenvalue weighted by atomic mass is 79.9. The van der Waals surface area contributed by atoms with Crippen molar-refractivity contribution in [3.8, 4) is 0 Å². The Morgan fingerprint density at radius 1 is 1.50 bits per heavy atom. The highest BCUT2D eigenvalue weighted by Gasteiger charge is 2.22. The van der Waals surface area contributed by atoms with Gasteiger partial charge in [0.05, 0.1) is 5.69 Å². The van der Waals surface area contributed by atoms with E-state index in [9.17, 15) is 0 Å². The highest BCUT2D eigenvalue weighted by Crippen LogP contribution is 2.32. The van der Waals surface area contributed by atoms with Crippen molar-refractivity contribution in [1.82, 2.24) is 9.55 Å². The summed E-state index contributed by atoms with van der Waals surface area (Å²) in [6.07, 6.45) is 2.07. The van der Waals surface area contributed by atoms with E-state index < -0.39 is 0 Å². The molecule has 0 spiro atoms. The molecule has 78 valence electrons. The number of aromatic nitrogens is 2. The number of hydrogen-bond donors (Lipinski definition) is 1. The van der Waals surface area contributed by atoms with Gasteiger partial charge in [-0.3, -0.25) is 0 Å². The number of nitrogen functional groups attached to an aromatic ring is 1. The number of hydrogen-bond acceptors (Lipinski definition) is 3. The largest absolute Gasteiger partial charge is 0.381 e. The minimum atomic E-state index is 0.488. The van der Waals surface area contributed by atoms with Crippen LogP contribution in [0.3, 0.4) is 0 Å². The summed E-state index contributed by atoms with van der Waals surface area (Å²) in [4.78, 5) is 4.37. The first-order chi connectivity index (χ1) is 6.70. The first-order valence-electron chi connectivity index (χ1n) is 4.75. The Balaban J connectivity index is 2.26. The molecule has 1 aromatic heterocycles. The molecule has 5 heteroatoms. The Labute approximate surface area is 91.6 Å². The molecule has 4 nitrogen and oxygen atoms in total. The van der Waals surface area contributed by atoms with Gasteiger partial charge in [0.15, 0.2) is 0 Å². The van der Waals surface area contributed by atoms with Gasteiger partial charge < -0.3 is 15.0 Å². The smallest absolute Gasteiger partial charge is 0.201 e. The Morgan fingerprint density at radius 2 is 2.14 bits per heavy atom. The van der Waals surface area contributed by atoms with E-state index in [1.807, 2.05) is 11.6 Å². The molecule has 0 unspecified atom stereocenters. The lowest BCUT2D eigenvalue weighted by Crippen LogP contribution is -2.14. The summed E-state index contributed by atoms with van der Waals surface area (Å²) in [6, 6.07) is 0. The quantitative estimate of drug-likeness (QED) is 0.835. The summed E-state index contributed by atoms with van der Waals surface area (Å²) in [5.74, 6) is 1.06. The van der Waals surface area contributed by atoms with E-state index >= 15 is 0 Å². The maximum atomic E-state index is 5.74. The second kappa shape index (κ2) is 3.90. The van der Waals surface area contributed by atoms with Crippen LogP contribution in [0.5, 0.6) is 0 Å². The van der Waals surface area contributed by atoms with Gasteiger partial charge in [-0.1, -0.05) is 0 Å². The average molecular weight is 260 g/mol. The van der Waals surface area contributed by atoms with Gasteiger partial charge in [-0.25, -0.2) is 4.98 Å². The second-order valence-electron chi connectivity index (χ2n) is 3.59. The van der Waals surface area contributed by atoms with Gasteiger partial charge >= 0.3 is 0 Å². The Hall–Kier alpha value is -0.550. The van der Waals surface area contributed by atoms with Crippen LogP contribution < -0.4 is 5.73 Å². The van der Waals surface area contributed by atoms with Crippen molar-refractivity contribution in [3.05, 3.63) is 10.3 Å².